The van der Waals surface area contributed by atoms with Gasteiger partial charge in [0.05, 0.1) is 7.11 Å². The summed E-state index contributed by atoms with van der Waals surface area (Å²) in [5.74, 6) is 2.29. The Balaban J connectivity index is 1.88. The fraction of sp³-hybridized carbons (Fsp3) is 0.538. The average molecular weight is 246 g/mol. The lowest BCUT2D eigenvalue weighted by Crippen LogP contribution is -2.29. The number of hydrogen-bond donors (Lipinski definition) is 0. The second kappa shape index (κ2) is 4.57. The molecule has 18 heavy (non-hydrogen) atoms. The maximum absolute atomic E-state index is 5.20. The zero-order valence-corrected chi connectivity index (χ0v) is 10.8. The number of methoxy groups -OCH3 is 1. The maximum Gasteiger partial charge on any atom is 0.159 e. The molecule has 1 fully saturated rings. The molecule has 1 saturated heterocycles. The fourth-order valence-corrected chi connectivity index (χ4v) is 2.45. The summed E-state index contributed by atoms with van der Waals surface area (Å²) in [6, 6.07) is 3.82. The molecule has 96 valence electrons. The van der Waals surface area contributed by atoms with E-state index in [-0.39, 0.29) is 0 Å². The van der Waals surface area contributed by atoms with Gasteiger partial charge in [0.15, 0.2) is 11.5 Å². The van der Waals surface area contributed by atoms with Crippen LogP contribution in [0.4, 0.5) is 0 Å². The highest BCUT2D eigenvalue weighted by atomic mass is 16.5. The number of rotatable bonds is 2. The van der Waals surface area contributed by atoms with Gasteiger partial charge in [0.25, 0.3) is 0 Å². The molecule has 2 aromatic heterocycles. The van der Waals surface area contributed by atoms with Gasteiger partial charge in [-0.1, -0.05) is 0 Å². The van der Waals surface area contributed by atoms with Crippen molar-refractivity contribution < 1.29 is 4.74 Å². The van der Waals surface area contributed by atoms with Crippen LogP contribution < -0.4 is 4.74 Å². The molecule has 0 aromatic carbocycles. The van der Waals surface area contributed by atoms with Gasteiger partial charge < -0.3 is 9.64 Å². The first-order valence-corrected chi connectivity index (χ1v) is 6.35. The van der Waals surface area contributed by atoms with E-state index < -0.39 is 0 Å². The Bertz CT molecular complexity index is 543. The summed E-state index contributed by atoms with van der Waals surface area (Å²) in [6.45, 7) is 2.26. The summed E-state index contributed by atoms with van der Waals surface area (Å²) in [5, 5.41) is 4.57. The number of pyridine rings is 1. The summed E-state index contributed by atoms with van der Waals surface area (Å²) in [6.07, 6.45) is 4.19. The number of nitrogens with zero attached hydrogens (tertiary/aromatic N) is 4. The first-order chi connectivity index (χ1) is 8.76. The Morgan fingerprint density at radius 2 is 2.11 bits per heavy atom. The van der Waals surface area contributed by atoms with Crippen molar-refractivity contribution >= 4 is 5.65 Å². The molecular weight excluding hydrogens is 228 g/mol. The summed E-state index contributed by atoms with van der Waals surface area (Å²) < 4.78 is 7.03. The number of piperidine rings is 1. The van der Waals surface area contributed by atoms with E-state index in [1.807, 2.05) is 22.8 Å². The van der Waals surface area contributed by atoms with Gasteiger partial charge in [-0.15, -0.1) is 0 Å². The second-order valence-electron chi connectivity index (χ2n) is 4.92. The van der Waals surface area contributed by atoms with Crippen molar-refractivity contribution in [3.8, 4) is 5.75 Å². The van der Waals surface area contributed by atoms with Crippen molar-refractivity contribution in [3.05, 3.63) is 24.2 Å². The molecule has 0 radical (unpaired) electrons. The van der Waals surface area contributed by atoms with Gasteiger partial charge in [-0.3, -0.25) is 0 Å². The van der Waals surface area contributed by atoms with Crippen LogP contribution in [-0.2, 0) is 0 Å². The Labute approximate surface area is 106 Å². The van der Waals surface area contributed by atoms with E-state index in [0.29, 0.717) is 5.92 Å². The molecule has 1 aliphatic rings. The largest absolute Gasteiger partial charge is 0.497 e. The minimum atomic E-state index is 0.493. The zero-order valence-electron chi connectivity index (χ0n) is 10.8. The second-order valence-corrected chi connectivity index (χ2v) is 4.92. The Morgan fingerprint density at radius 3 is 2.83 bits per heavy atom. The molecule has 0 aliphatic carbocycles. The van der Waals surface area contributed by atoms with Crippen LogP contribution in [0.25, 0.3) is 5.65 Å². The van der Waals surface area contributed by atoms with Crippen LogP contribution in [0.1, 0.15) is 24.6 Å². The van der Waals surface area contributed by atoms with Gasteiger partial charge in [0.2, 0.25) is 0 Å². The molecule has 0 spiro atoms. The first kappa shape index (κ1) is 11.5. The monoisotopic (exact) mass is 246 g/mol. The van der Waals surface area contributed by atoms with Crippen molar-refractivity contribution in [2.45, 2.75) is 18.8 Å². The van der Waals surface area contributed by atoms with Crippen molar-refractivity contribution in [2.24, 2.45) is 0 Å². The highest BCUT2D eigenvalue weighted by Gasteiger charge is 2.22. The van der Waals surface area contributed by atoms with E-state index in [0.717, 1.165) is 43.2 Å². The molecule has 2 aromatic rings. The van der Waals surface area contributed by atoms with Gasteiger partial charge in [-0.25, -0.2) is 9.50 Å². The van der Waals surface area contributed by atoms with Gasteiger partial charge >= 0.3 is 0 Å². The summed E-state index contributed by atoms with van der Waals surface area (Å²) >= 11 is 0. The van der Waals surface area contributed by atoms with E-state index >= 15 is 0 Å². The van der Waals surface area contributed by atoms with Crippen LogP contribution in [0.15, 0.2) is 18.3 Å². The average Bonchev–Trinajstić information content (AvgIpc) is 2.82. The molecular formula is C13H18N4O. The third kappa shape index (κ3) is 2.06. The predicted molar refractivity (Wildman–Crippen MR) is 69.0 cm³/mol. The molecule has 1 aliphatic heterocycles. The molecule has 0 amide bonds. The van der Waals surface area contributed by atoms with E-state index in [1.54, 1.807) is 7.11 Å². The lowest BCUT2D eigenvalue weighted by atomic mass is 9.97. The zero-order chi connectivity index (χ0) is 12.5. The number of likely N-dealkylation sites (tertiary alicyclic amines) is 1. The number of fused-ring (bicyclic) bond motifs is 1. The fourth-order valence-electron chi connectivity index (χ4n) is 2.45. The number of aromatic nitrogens is 3. The van der Waals surface area contributed by atoms with Crippen LogP contribution in [0.2, 0.25) is 0 Å². The lowest BCUT2D eigenvalue weighted by molar-refractivity contribution is 0.251. The number of hydrogen-bond acceptors (Lipinski definition) is 4. The molecule has 0 unspecified atom stereocenters. The van der Waals surface area contributed by atoms with E-state index in [2.05, 4.69) is 22.0 Å². The molecule has 0 bridgehead atoms. The molecule has 5 nitrogen and oxygen atoms in total. The van der Waals surface area contributed by atoms with Crippen LogP contribution in [0.5, 0.6) is 5.75 Å². The van der Waals surface area contributed by atoms with Crippen LogP contribution >= 0.6 is 0 Å². The topological polar surface area (TPSA) is 42.7 Å². The molecule has 0 saturated carbocycles. The van der Waals surface area contributed by atoms with Gasteiger partial charge in [0, 0.05) is 18.2 Å². The normalized spacial score (nSPS) is 18.3. The van der Waals surface area contributed by atoms with Crippen LogP contribution in [-0.4, -0.2) is 46.7 Å². The van der Waals surface area contributed by atoms with Crippen molar-refractivity contribution in [2.75, 3.05) is 27.2 Å². The third-order valence-electron chi connectivity index (χ3n) is 3.64. The molecule has 5 heteroatoms. The number of ether oxygens (including phenoxy) is 1. The highest BCUT2D eigenvalue weighted by Crippen LogP contribution is 2.25. The maximum atomic E-state index is 5.20. The predicted octanol–water partition coefficient (Wildman–Crippen LogP) is 1.55. The quantitative estimate of drug-likeness (QED) is 0.806. The molecule has 0 atom stereocenters. The third-order valence-corrected chi connectivity index (χ3v) is 3.64. The Hall–Kier alpha value is -1.62. The van der Waals surface area contributed by atoms with Crippen molar-refractivity contribution in [1.82, 2.24) is 19.5 Å². The van der Waals surface area contributed by atoms with Crippen molar-refractivity contribution in [1.29, 1.82) is 0 Å². The van der Waals surface area contributed by atoms with Crippen molar-refractivity contribution in [3.63, 3.8) is 0 Å². The summed E-state index contributed by atoms with van der Waals surface area (Å²) in [7, 11) is 3.83. The van der Waals surface area contributed by atoms with E-state index in [1.165, 1.54) is 0 Å². The smallest absolute Gasteiger partial charge is 0.159 e. The van der Waals surface area contributed by atoms with Crippen LogP contribution in [0, 0.1) is 0 Å². The van der Waals surface area contributed by atoms with E-state index in [9.17, 15) is 0 Å². The molecule has 3 rings (SSSR count). The van der Waals surface area contributed by atoms with Gasteiger partial charge in [-0.2, -0.15) is 5.10 Å². The minimum absolute atomic E-state index is 0.493. The molecule has 3 heterocycles. The lowest BCUT2D eigenvalue weighted by Gasteiger charge is -2.26. The van der Waals surface area contributed by atoms with Crippen LogP contribution in [0.3, 0.4) is 0 Å². The SMILES string of the molecule is COc1ccn2nc(C3CCN(C)CC3)nc2c1. The first-order valence-electron chi connectivity index (χ1n) is 6.35. The summed E-state index contributed by atoms with van der Waals surface area (Å²) in [5.41, 5.74) is 0.864. The van der Waals surface area contributed by atoms with Gasteiger partial charge in [-0.05, 0) is 39.0 Å². The van der Waals surface area contributed by atoms with E-state index in [4.69, 9.17) is 4.74 Å². The van der Waals surface area contributed by atoms with Gasteiger partial charge in [0.1, 0.15) is 5.75 Å². The minimum Gasteiger partial charge on any atom is -0.497 e. The summed E-state index contributed by atoms with van der Waals surface area (Å²) in [4.78, 5) is 6.98. The standard InChI is InChI=1S/C13H18N4O/c1-16-6-3-10(4-7-16)13-14-12-9-11(18-2)5-8-17(12)15-13/h5,8-10H,3-4,6-7H2,1-2H3. The Morgan fingerprint density at radius 1 is 1.33 bits per heavy atom. The Kier molecular flexibility index (Phi) is 2.91. The highest BCUT2D eigenvalue weighted by molar-refractivity contribution is 5.43. The molecule has 0 N–H and O–H groups in total.